The van der Waals surface area contributed by atoms with Crippen LogP contribution in [0.2, 0.25) is 5.02 Å². The summed E-state index contributed by atoms with van der Waals surface area (Å²) >= 11 is 5.91. The van der Waals surface area contributed by atoms with Gasteiger partial charge in [0.2, 0.25) is 0 Å². The minimum Gasteiger partial charge on any atom is -0.493 e. The molecule has 0 heterocycles. The van der Waals surface area contributed by atoms with Gasteiger partial charge in [-0.1, -0.05) is 35.9 Å². The number of benzene rings is 4. The highest BCUT2D eigenvalue weighted by molar-refractivity contribution is 7.92. The summed E-state index contributed by atoms with van der Waals surface area (Å²) in [5.74, 6) is -4.56. The fourth-order valence-electron chi connectivity index (χ4n) is 4.10. The number of ether oxygens (including phenoxy) is 1. The van der Waals surface area contributed by atoms with Crippen molar-refractivity contribution in [3.63, 3.8) is 0 Å². The van der Waals surface area contributed by atoms with Gasteiger partial charge < -0.3 is 9.64 Å². The predicted molar refractivity (Wildman–Crippen MR) is 151 cm³/mol. The Kier molecular flexibility index (Phi) is 9.74. The molecule has 220 valence electrons. The normalized spacial score (nSPS) is 11.3. The number of hydrogen-bond donors (Lipinski definition) is 0. The third-order valence-corrected chi connectivity index (χ3v) is 8.32. The molecular formula is C30H25ClF4N2O4S. The topological polar surface area (TPSA) is 66.9 Å². The summed E-state index contributed by atoms with van der Waals surface area (Å²) < 4.78 is 90.5. The Bertz CT molecular complexity index is 1690. The van der Waals surface area contributed by atoms with Crippen LogP contribution in [-0.2, 0) is 16.6 Å². The molecule has 0 saturated carbocycles. The van der Waals surface area contributed by atoms with Crippen molar-refractivity contribution in [1.82, 2.24) is 4.90 Å². The van der Waals surface area contributed by atoms with Crippen molar-refractivity contribution in [2.24, 2.45) is 0 Å². The highest BCUT2D eigenvalue weighted by Gasteiger charge is 2.29. The van der Waals surface area contributed by atoms with E-state index in [0.717, 1.165) is 28.6 Å². The van der Waals surface area contributed by atoms with E-state index in [1.807, 2.05) is 0 Å². The molecule has 0 fully saturated rings. The number of carbonyl (C=O) groups is 1. The van der Waals surface area contributed by atoms with Crippen molar-refractivity contribution in [3.8, 4) is 5.75 Å². The highest BCUT2D eigenvalue weighted by atomic mass is 35.5. The van der Waals surface area contributed by atoms with Gasteiger partial charge in [0, 0.05) is 30.2 Å². The zero-order valence-corrected chi connectivity index (χ0v) is 23.8. The second-order valence-corrected chi connectivity index (χ2v) is 11.5. The van der Waals surface area contributed by atoms with Gasteiger partial charge in [0.05, 0.1) is 29.3 Å². The molecule has 12 heteroatoms. The van der Waals surface area contributed by atoms with Crippen LogP contribution in [0.25, 0.3) is 0 Å². The van der Waals surface area contributed by atoms with E-state index in [2.05, 4.69) is 0 Å². The number of hydrogen-bond acceptors (Lipinski definition) is 4. The number of nitrogens with zero attached hydrogens (tertiary/aromatic N) is 2. The molecule has 1 amide bonds. The highest BCUT2D eigenvalue weighted by Crippen LogP contribution is 2.32. The summed E-state index contributed by atoms with van der Waals surface area (Å²) in [6, 6.07) is 17.6. The molecule has 0 atom stereocenters. The van der Waals surface area contributed by atoms with E-state index >= 15 is 0 Å². The lowest BCUT2D eigenvalue weighted by atomic mass is 10.1. The molecule has 0 aliphatic rings. The molecule has 0 aliphatic carbocycles. The largest absolute Gasteiger partial charge is 0.493 e. The Morgan fingerprint density at radius 3 is 2.33 bits per heavy atom. The molecule has 0 saturated heterocycles. The monoisotopic (exact) mass is 620 g/mol. The van der Waals surface area contributed by atoms with Gasteiger partial charge in [-0.25, -0.2) is 26.0 Å². The third kappa shape index (κ3) is 7.03. The Morgan fingerprint density at radius 2 is 1.60 bits per heavy atom. The van der Waals surface area contributed by atoms with Gasteiger partial charge in [0.1, 0.15) is 17.4 Å². The maximum Gasteiger partial charge on any atom is 0.264 e. The van der Waals surface area contributed by atoms with Gasteiger partial charge in [-0.15, -0.1) is 0 Å². The van der Waals surface area contributed by atoms with Crippen LogP contribution >= 0.6 is 11.6 Å². The Balaban J connectivity index is 1.52. The lowest BCUT2D eigenvalue weighted by Crippen LogP contribution is -2.31. The fraction of sp³-hybridized carbons (Fsp3) is 0.167. The van der Waals surface area contributed by atoms with Crippen molar-refractivity contribution < 1.29 is 35.5 Å². The molecule has 0 unspecified atom stereocenters. The average molecular weight is 621 g/mol. The van der Waals surface area contributed by atoms with Crippen molar-refractivity contribution in [2.75, 3.05) is 24.5 Å². The van der Waals surface area contributed by atoms with Crippen molar-refractivity contribution in [1.29, 1.82) is 0 Å². The number of para-hydroxylation sites is 1. The van der Waals surface area contributed by atoms with Crippen LogP contribution in [0.15, 0.2) is 89.8 Å². The SMILES string of the molecule is CN(CCCOc1ccccc1CN(c1cc(F)ccc1F)S(=O)(=O)c1ccc(Cl)cc1)C(=O)c1cccc(F)c1F. The van der Waals surface area contributed by atoms with Crippen LogP contribution in [0.4, 0.5) is 23.2 Å². The first kappa shape index (κ1) is 30.9. The second kappa shape index (κ2) is 13.3. The Morgan fingerprint density at radius 1 is 0.881 bits per heavy atom. The lowest BCUT2D eigenvalue weighted by molar-refractivity contribution is 0.0782. The molecular weight excluding hydrogens is 596 g/mol. The van der Waals surface area contributed by atoms with E-state index in [1.165, 1.54) is 48.3 Å². The Labute approximate surface area is 245 Å². The third-order valence-electron chi connectivity index (χ3n) is 6.29. The van der Waals surface area contributed by atoms with Crippen LogP contribution in [-0.4, -0.2) is 39.4 Å². The summed E-state index contributed by atoms with van der Waals surface area (Å²) in [6.07, 6.45) is 0.290. The molecule has 0 spiro atoms. The Hall–Kier alpha value is -4.09. The minimum absolute atomic E-state index is 0.0680. The average Bonchev–Trinajstić information content (AvgIpc) is 2.97. The number of anilines is 1. The summed E-state index contributed by atoms with van der Waals surface area (Å²) in [7, 11) is -2.95. The molecule has 4 aromatic rings. The molecule has 0 bridgehead atoms. The molecule has 0 aromatic heterocycles. The molecule has 6 nitrogen and oxygen atoms in total. The second-order valence-electron chi connectivity index (χ2n) is 9.20. The number of carbonyl (C=O) groups excluding carboxylic acids is 1. The quantitative estimate of drug-likeness (QED) is 0.136. The van der Waals surface area contributed by atoms with E-state index in [4.69, 9.17) is 16.3 Å². The lowest BCUT2D eigenvalue weighted by Gasteiger charge is -2.26. The van der Waals surface area contributed by atoms with Gasteiger partial charge in [-0.3, -0.25) is 9.10 Å². The van der Waals surface area contributed by atoms with Crippen LogP contribution in [0.3, 0.4) is 0 Å². The van der Waals surface area contributed by atoms with Crippen molar-refractivity contribution in [2.45, 2.75) is 17.9 Å². The smallest absolute Gasteiger partial charge is 0.264 e. The van der Waals surface area contributed by atoms with E-state index in [0.29, 0.717) is 17.0 Å². The first-order chi connectivity index (χ1) is 20.0. The molecule has 4 rings (SSSR count). The zero-order chi connectivity index (χ0) is 30.4. The van der Waals surface area contributed by atoms with Crippen molar-refractivity contribution >= 4 is 33.2 Å². The first-order valence-electron chi connectivity index (χ1n) is 12.6. The van der Waals surface area contributed by atoms with Crippen molar-refractivity contribution in [3.05, 3.63) is 124 Å². The minimum atomic E-state index is -4.39. The van der Waals surface area contributed by atoms with Gasteiger partial charge in [-0.05, 0) is 61.0 Å². The number of rotatable bonds is 11. The van der Waals surface area contributed by atoms with Crippen LogP contribution < -0.4 is 9.04 Å². The van der Waals surface area contributed by atoms with Crippen LogP contribution in [0.5, 0.6) is 5.75 Å². The van der Waals surface area contributed by atoms with Gasteiger partial charge in [0.25, 0.3) is 15.9 Å². The maximum absolute atomic E-state index is 14.9. The summed E-state index contributed by atoms with van der Waals surface area (Å²) in [4.78, 5) is 13.6. The number of amides is 1. The number of halogens is 5. The fourth-order valence-corrected chi connectivity index (χ4v) is 5.67. The van der Waals surface area contributed by atoms with Gasteiger partial charge in [-0.2, -0.15) is 0 Å². The maximum atomic E-state index is 14.9. The molecule has 0 aliphatic heterocycles. The van der Waals surface area contributed by atoms with E-state index in [9.17, 15) is 30.8 Å². The molecule has 0 N–H and O–H groups in total. The van der Waals surface area contributed by atoms with Gasteiger partial charge >= 0.3 is 0 Å². The summed E-state index contributed by atoms with van der Waals surface area (Å²) in [5.41, 5.74) is -0.537. The predicted octanol–water partition coefficient (Wildman–Crippen LogP) is 6.83. The van der Waals surface area contributed by atoms with Crippen LogP contribution in [0.1, 0.15) is 22.3 Å². The molecule has 4 aromatic carbocycles. The summed E-state index contributed by atoms with van der Waals surface area (Å²) in [5, 5.41) is 0.296. The van der Waals surface area contributed by atoms with E-state index < -0.39 is 57.0 Å². The summed E-state index contributed by atoms with van der Waals surface area (Å²) in [6.45, 7) is -0.195. The number of sulfonamides is 1. The first-order valence-corrected chi connectivity index (χ1v) is 14.4. The molecule has 0 radical (unpaired) electrons. The van der Waals surface area contributed by atoms with Gasteiger partial charge in [0.15, 0.2) is 11.6 Å². The molecule has 42 heavy (non-hydrogen) atoms. The van der Waals surface area contributed by atoms with E-state index in [-0.39, 0.29) is 23.8 Å². The van der Waals surface area contributed by atoms with E-state index in [1.54, 1.807) is 24.3 Å². The standard InChI is InChI=1S/C30H25ClF4N2O4S/c1-36(30(38)24-7-4-8-26(34)29(24)35)16-5-17-41-28-9-3-2-6-20(28)19-37(27-18-22(32)12-15-25(27)33)42(39,40)23-13-10-21(31)11-14-23/h2-4,6-15,18H,5,16-17,19H2,1H3. The van der Waals surface area contributed by atoms with Crippen LogP contribution in [0, 0.1) is 23.3 Å². The zero-order valence-electron chi connectivity index (χ0n) is 22.2.